The number of alkyl halides is 6. The van der Waals surface area contributed by atoms with Crippen molar-refractivity contribution in [3.8, 4) is 11.1 Å². The summed E-state index contributed by atoms with van der Waals surface area (Å²) in [5.41, 5.74) is -2.88. The molecule has 1 heterocycles. The van der Waals surface area contributed by atoms with Crippen LogP contribution >= 0.6 is 0 Å². The van der Waals surface area contributed by atoms with E-state index in [0.717, 1.165) is 19.3 Å². The molecule has 248 valence electrons. The Kier molecular flexibility index (Phi) is 9.62. The van der Waals surface area contributed by atoms with Gasteiger partial charge < -0.3 is 10.4 Å². The summed E-state index contributed by atoms with van der Waals surface area (Å²) >= 11 is 0. The Morgan fingerprint density at radius 2 is 1.57 bits per heavy atom. The van der Waals surface area contributed by atoms with E-state index in [1.165, 1.54) is 32.2 Å². The first-order valence-electron chi connectivity index (χ1n) is 14.8. The van der Waals surface area contributed by atoms with Gasteiger partial charge in [0.2, 0.25) is 0 Å². The first-order valence-corrected chi connectivity index (χ1v) is 14.8. The Morgan fingerprint density at radius 1 is 0.957 bits per heavy atom. The molecule has 2 unspecified atom stereocenters. The molecule has 12 heteroatoms. The Hall–Kier alpha value is -3.96. The third-order valence-corrected chi connectivity index (χ3v) is 8.99. The van der Waals surface area contributed by atoms with Gasteiger partial charge in [0.25, 0.3) is 0 Å². The third kappa shape index (κ3) is 7.70. The number of hydrogen-bond acceptors (Lipinski definition) is 4. The fraction of sp³-hybridized carbons (Fsp3) is 0.441. The normalized spacial score (nSPS) is 19.2. The smallest absolute Gasteiger partial charge is 0.416 e. The number of aromatic nitrogens is 1. The molecule has 46 heavy (non-hydrogen) atoms. The Labute approximate surface area is 262 Å². The molecule has 2 atom stereocenters. The van der Waals surface area contributed by atoms with Gasteiger partial charge in [-0.1, -0.05) is 19.4 Å². The minimum absolute atomic E-state index is 0.0174. The Bertz CT molecular complexity index is 1600. The average molecular weight is 653 g/mol. The molecule has 2 N–H and O–H groups in total. The summed E-state index contributed by atoms with van der Waals surface area (Å²) in [5.74, 6) is -2.06. The lowest BCUT2D eigenvalue weighted by Crippen LogP contribution is -2.35. The summed E-state index contributed by atoms with van der Waals surface area (Å²) in [6.07, 6.45) is -5.68. The number of Topliss-reactive ketones (excluding diaryl/α,β-unsaturated/α-hetero) is 1. The predicted octanol–water partition coefficient (Wildman–Crippen LogP) is 9.12. The molecular weight excluding hydrogens is 617 g/mol. The molecule has 0 saturated heterocycles. The number of benzene rings is 2. The molecule has 0 amide bonds. The molecule has 1 aliphatic rings. The molecule has 0 aliphatic heterocycles. The molecule has 0 radical (unpaired) electrons. The molecule has 1 fully saturated rings. The van der Waals surface area contributed by atoms with Gasteiger partial charge in [0.15, 0.2) is 5.78 Å². The monoisotopic (exact) mass is 652 g/mol. The lowest BCUT2D eigenvalue weighted by atomic mass is 9.68. The summed E-state index contributed by atoms with van der Waals surface area (Å²) in [7, 11) is 0. The molecule has 1 aromatic heterocycles. The Morgan fingerprint density at radius 3 is 2.13 bits per heavy atom. The second-order valence-corrected chi connectivity index (χ2v) is 12.9. The summed E-state index contributed by atoms with van der Waals surface area (Å²) in [6.45, 7) is 5.77. The minimum atomic E-state index is -5.06. The van der Waals surface area contributed by atoms with Crippen molar-refractivity contribution >= 4 is 17.4 Å². The van der Waals surface area contributed by atoms with E-state index in [2.05, 4.69) is 10.3 Å². The Balaban J connectivity index is 1.69. The minimum Gasteiger partial charge on any atom is -0.481 e. The molecule has 4 rings (SSSR count). The van der Waals surface area contributed by atoms with Crippen LogP contribution in [0.3, 0.4) is 0 Å². The number of aryl methyl sites for hydroxylation is 1. The lowest BCUT2D eigenvalue weighted by Gasteiger charge is -2.38. The van der Waals surface area contributed by atoms with Gasteiger partial charge in [-0.05, 0) is 99.0 Å². The van der Waals surface area contributed by atoms with E-state index in [-0.39, 0.29) is 18.4 Å². The van der Waals surface area contributed by atoms with Gasteiger partial charge in [-0.15, -0.1) is 0 Å². The van der Waals surface area contributed by atoms with E-state index < -0.39 is 64.0 Å². The highest BCUT2D eigenvalue weighted by Crippen LogP contribution is 2.44. The van der Waals surface area contributed by atoms with Gasteiger partial charge in [0, 0.05) is 23.1 Å². The van der Waals surface area contributed by atoms with E-state index in [9.17, 15) is 45.4 Å². The SMILES string of the molecule is Cc1cc(F)ccc1-c1cc(C2(C)CCCC(CC(=O)O)C2)ncc1NCC(=O)C(C)(C)c1cc(C(F)(F)F)cc(C(F)(F)F)c1. The number of carbonyl (C=O) groups is 2. The molecule has 3 aromatic rings. The van der Waals surface area contributed by atoms with Crippen LogP contribution in [0.15, 0.2) is 48.7 Å². The number of rotatable bonds is 9. The molecule has 5 nitrogen and oxygen atoms in total. The van der Waals surface area contributed by atoms with Crippen molar-refractivity contribution in [3.05, 3.63) is 82.4 Å². The van der Waals surface area contributed by atoms with Crippen LogP contribution in [0.4, 0.5) is 36.4 Å². The second kappa shape index (κ2) is 12.7. The number of ketones is 1. The molecule has 0 spiro atoms. The molecule has 2 aromatic carbocycles. The number of carboxylic acids is 1. The highest BCUT2D eigenvalue weighted by atomic mass is 19.4. The van der Waals surface area contributed by atoms with Crippen molar-refractivity contribution in [2.45, 2.75) is 83.0 Å². The van der Waals surface area contributed by atoms with Crippen molar-refractivity contribution in [2.24, 2.45) is 5.92 Å². The van der Waals surface area contributed by atoms with Gasteiger partial charge >= 0.3 is 18.3 Å². The first kappa shape index (κ1) is 34.9. The number of hydrogen-bond donors (Lipinski definition) is 2. The van der Waals surface area contributed by atoms with Crippen LogP contribution in [0.5, 0.6) is 0 Å². The zero-order valence-electron chi connectivity index (χ0n) is 25.8. The highest BCUT2D eigenvalue weighted by molar-refractivity contribution is 5.93. The van der Waals surface area contributed by atoms with E-state index in [1.54, 1.807) is 13.0 Å². The topological polar surface area (TPSA) is 79.3 Å². The summed E-state index contributed by atoms with van der Waals surface area (Å²) < 4.78 is 95.1. The van der Waals surface area contributed by atoms with Gasteiger partial charge in [-0.25, -0.2) is 4.39 Å². The van der Waals surface area contributed by atoms with Crippen molar-refractivity contribution in [1.82, 2.24) is 4.98 Å². The molecule has 0 bridgehead atoms. The van der Waals surface area contributed by atoms with Crippen LogP contribution in [-0.4, -0.2) is 28.4 Å². The maximum Gasteiger partial charge on any atom is 0.416 e. The summed E-state index contributed by atoms with van der Waals surface area (Å²) in [6, 6.07) is 7.12. The number of carbonyl (C=O) groups excluding carboxylic acids is 1. The first-order chi connectivity index (χ1) is 21.2. The van der Waals surface area contributed by atoms with Crippen LogP contribution in [-0.2, 0) is 32.8 Å². The number of pyridine rings is 1. The standard InChI is InChI=1S/C34H35F7N2O3/c1-19-10-24(35)7-8-25(19)26-15-28(32(4)9-5-6-20(16-32)11-30(45)46)43-17-27(26)42-18-29(44)31(2,3)21-12-22(33(36,37)38)14-23(13-21)34(39,40)41/h7-8,10,12-15,17,20,42H,5-6,9,11,16,18H2,1-4H3,(H,45,46). The molecular formula is C34H35F7N2O3. The zero-order valence-corrected chi connectivity index (χ0v) is 25.8. The fourth-order valence-electron chi connectivity index (χ4n) is 6.23. The van der Waals surface area contributed by atoms with Crippen LogP contribution in [0.2, 0.25) is 0 Å². The van der Waals surface area contributed by atoms with Crippen LogP contribution in [0.25, 0.3) is 11.1 Å². The number of nitrogens with one attached hydrogen (secondary N) is 1. The number of aliphatic carboxylic acids is 1. The van der Waals surface area contributed by atoms with Crippen molar-refractivity contribution in [1.29, 1.82) is 0 Å². The highest BCUT2D eigenvalue weighted by Gasteiger charge is 2.40. The molecule has 1 aliphatic carbocycles. The van der Waals surface area contributed by atoms with Crippen molar-refractivity contribution < 1.29 is 45.4 Å². The van der Waals surface area contributed by atoms with Gasteiger partial charge in [0.1, 0.15) is 5.82 Å². The lowest BCUT2D eigenvalue weighted by molar-refractivity contribution is -0.143. The van der Waals surface area contributed by atoms with Crippen LogP contribution < -0.4 is 5.32 Å². The summed E-state index contributed by atoms with van der Waals surface area (Å²) in [5, 5.41) is 12.3. The second-order valence-electron chi connectivity index (χ2n) is 12.9. The fourth-order valence-corrected chi connectivity index (χ4v) is 6.23. The number of nitrogens with zero attached hydrogens (tertiary/aromatic N) is 1. The number of anilines is 1. The van der Waals surface area contributed by atoms with Crippen LogP contribution in [0.1, 0.15) is 80.8 Å². The molecule has 1 saturated carbocycles. The third-order valence-electron chi connectivity index (χ3n) is 8.99. The van der Waals surface area contributed by atoms with E-state index in [4.69, 9.17) is 0 Å². The van der Waals surface area contributed by atoms with Gasteiger partial charge in [0.05, 0.1) is 35.0 Å². The van der Waals surface area contributed by atoms with E-state index in [0.29, 0.717) is 46.6 Å². The van der Waals surface area contributed by atoms with Crippen molar-refractivity contribution in [3.63, 3.8) is 0 Å². The van der Waals surface area contributed by atoms with Crippen LogP contribution in [0, 0.1) is 18.7 Å². The van der Waals surface area contributed by atoms with Gasteiger partial charge in [-0.3, -0.25) is 14.6 Å². The number of carboxylic acid groups (broad SMARTS) is 1. The zero-order chi connectivity index (χ0) is 34.2. The average Bonchev–Trinajstić information content (AvgIpc) is 2.94. The van der Waals surface area contributed by atoms with E-state index in [1.807, 2.05) is 13.0 Å². The number of halogens is 7. The summed E-state index contributed by atoms with van der Waals surface area (Å²) in [4.78, 5) is 29.5. The maximum absolute atomic E-state index is 14.0. The van der Waals surface area contributed by atoms with E-state index >= 15 is 0 Å². The predicted molar refractivity (Wildman–Crippen MR) is 159 cm³/mol. The largest absolute Gasteiger partial charge is 0.481 e. The van der Waals surface area contributed by atoms with Gasteiger partial charge in [-0.2, -0.15) is 26.3 Å². The van der Waals surface area contributed by atoms with Crippen molar-refractivity contribution in [2.75, 3.05) is 11.9 Å². The quantitative estimate of drug-likeness (QED) is 0.226. The maximum atomic E-state index is 14.0.